The van der Waals surface area contributed by atoms with E-state index in [1.54, 1.807) is 0 Å². The Balaban J connectivity index is 3.97. The molecule has 0 heterocycles. The van der Waals surface area contributed by atoms with E-state index >= 15 is 0 Å². The molecular weight excluding hydrogens is 303 g/mol. The number of alkyl halides is 4. The van der Waals surface area contributed by atoms with E-state index in [0.717, 1.165) is 10.7 Å². The van der Waals surface area contributed by atoms with E-state index in [1.807, 2.05) is 6.92 Å². The third-order valence-corrected chi connectivity index (χ3v) is 4.18. The predicted octanol–water partition coefficient (Wildman–Crippen LogP) is 3.63. The lowest BCUT2D eigenvalue weighted by Gasteiger charge is -2.26. The topological polar surface area (TPSA) is 0 Å². The molecule has 0 nitrogen and oxygen atoms in total. The molecule has 0 aliphatic heterocycles. The minimum absolute atomic E-state index is 0.297. The Morgan fingerprint density at radius 3 is 1.90 bits per heavy atom. The van der Waals surface area contributed by atoms with E-state index in [1.165, 1.54) is 0 Å². The maximum absolute atomic E-state index is 6.10. The zero-order valence-corrected chi connectivity index (χ0v) is 10.4. The first-order valence-corrected chi connectivity index (χ1v) is 6.10. The van der Waals surface area contributed by atoms with E-state index in [-0.39, 0.29) is 4.87 Å². The van der Waals surface area contributed by atoms with E-state index in [9.17, 15) is 0 Å². The van der Waals surface area contributed by atoms with Crippen LogP contribution in [0.5, 0.6) is 0 Å². The molecule has 10 heavy (non-hydrogen) atoms. The van der Waals surface area contributed by atoms with Crippen LogP contribution in [0.4, 0.5) is 0 Å². The molecule has 0 amide bonds. The second kappa shape index (κ2) is 5.23. The summed E-state index contributed by atoms with van der Waals surface area (Å²) in [6.45, 7) is 1.95. The quantitative estimate of drug-likeness (QED) is 0.695. The Bertz CT molecular complexity index is 91.7. The second-order valence-corrected chi connectivity index (χ2v) is 4.84. The van der Waals surface area contributed by atoms with E-state index in [4.69, 9.17) is 23.2 Å². The second-order valence-electron chi connectivity index (χ2n) is 2.42. The van der Waals surface area contributed by atoms with Gasteiger partial charge in [-0.05, 0) is 12.8 Å². The van der Waals surface area contributed by atoms with Crippen LogP contribution in [-0.2, 0) is 0 Å². The lowest BCUT2D eigenvalue weighted by molar-refractivity contribution is 0.520. The molecule has 0 aromatic carbocycles. The van der Waals surface area contributed by atoms with Crippen LogP contribution in [-0.4, -0.2) is 21.4 Å². The normalized spacial score (nSPS) is 17.4. The van der Waals surface area contributed by atoms with Crippen LogP contribution in [0.25, 0.3) is 0 Å². The highest BCUT2D eigenvalue weighted by Gasteiger charge is 2.29. The average Bonchev–Trinajstić information content (AvgIpc) is 1.90. The third kappa shape index (κ3) is 3.29. The summed E-state index contributed by atoms with van der Waals surface area (Å²) in [7, 11) is 0. The summed E-state index contributed by atoms with van der Waals surface area (Å²) in [5, 5.41) is 1.76. The molecular formula is C6H10Br2Cl2. The number of hydrogen-bond acceptors (Lipinski definition) is 0. The molecule has 0 saturated heterocycles. The highest BCUT2D eigenvalue weighted by molar-refractivity contribution is 9.09. The number of rotatable bonds is 4. The summed E-state index contributed by atoms with van der Waals surface area (Å²) in [6.07, 6.45) is 0. The number of hydrogen-bond donors (Lipinski definition) is 0. The maximum Gasteiger partial charge on any atom is 0.0597 e. The van der Waals surface area contributed by atoms with Crippen LogP contribution in [0, 0.1) is 5.92 Å². The van der Waals surface area contributed by atoms with Gasteiger partial charge in [-0.15, -0.1) is 23.2 Å². The molecule has 0 aromatic rings. The largest absolute Gasteiger partial charge is 0.125 e. The fraction of sp³-hybridized carbons (Fsp3) is 1.00. The third-order valence-electron chi connectivity index (χ3n) is 1.49. The first kappa shape index (κ1) is 11.5. The molecule has 0 N–H and O–H groups in total. The van der Waals surface area contributed by atoms with Gasteiger partial charge in [0.05, 0.1) is 4.87 Å². The zero-order chi connectivity index (χ0) is 8.20. The predicted molar refractivity (Wildman–Crippen MR) is 56.1 cm³/mol. The van der Waals surface area contributed by atoms with Crippen LogP contribution in [0.2, 0.25) is 0 Å². The van der Waals surface area contributed by atoms with E-state index in [2.05, 4.69) is 31.9 Å². The summed E-state index contributed by atoms with van der Waals surface area (Å²) >= 11 is 18.5. The van der Waals surface area contributed by atoms with Crippen LogP contribution in [0.1, 0.15) is 6.92 Å². The van der Waals surface area contributed by atoms with Crippen molar-refractivity contribution in [3.05, 3.63) is 0 Å². The van der Waals surface area contributed by atoms with Crippen molar-refractivity contribution in [2.24, 2.45) is 5.92 Å². The van der Waals surface area contributed by atoms with Gasteiger partial charge in [0, 0.05) is 16.5 Å². The monoisotopic (exact) mass is 310 g/mol. The average molecular weight is 313 g/mol. The Hall–Kier alpha value is 1.54. The standard InChI is InChI=1S/C6H10Br2Cl2/c1-6(10,4-9)5(2-7)3-8/h5H,2-4H2,1H3. The van der Waals surface area contributed by atoms with Gasteiger partial charge in [0.25, 0.3) is 0 Å². The molecule has 0 aliphatic carbocycles. The minimum Gasteiger partial charge on any atom is -0.125 e. The van der Waals surface area contributed by atoms with Gasteiger partial charge in [0.1, 0.15) is 0 Å². The summed E-state index contributed by atoms with van der Waals surface area (Å²) in [5.74, 6) is 0.864. The Morgan fingerprint density at radius 2 is 1.80 bits per heavy atom. The molecule has 0 fully saturated rings. The lowest BCUT2D eigenvalue weighted by Crippen LogP contribution is -2.32. The van der Waals surface area contributed by atoms with Gasteiger partial charge >= 0.3 is 0 Å². The fourth-order valence-corrected chi connectivity index (χ4v) is 3.72. The van der Waals surface area contributed by atoms with Crippen molar-refractivity contribution in [3.63, 3.8) is 0 Å². The smallest absolute Gasteiger partial charge is 0.0597 e. The maximum atomic E-state index is 6.10. The molecule has 1 unspecified atom stereocenters. The van der Waals surface area contributed by atoms with E-state index in [0.29, 0.717) is 11.8 Å². The fourth-order valence-electron chi connectivity index (χ4n) is 0.472. The molecule has 1 atom stereocenters. The van der Waals surface area contributed by atoms with Gasteiger partial charge in [-0.1, -0.05) is 31.9 Å². The summed E-state index contributed by atoms with van der Waals surface area (Å²) in [6, 6.07) is 0. The molecule has 0 aromatic heterocycles. The van der Waals surface area contributed by atoms with Gasteiger partial charge < -0.3 is 0 Å². The van der Waals surface area contributed by atoms with Crippen molar-refractivity contribution in [1.29, 1.82) is 0 Å². The van der Waals surface area contributed by atoms with Gasteiger partial charge in [-0.2, -0.15) is 0 Å². The zero-order valence-electron chi connectivity index (χ0n) is 5.71. The van der Waals surface area contributed by atoms with Gasteiger partial charge in [-0.3, -0.25) is 0 Å². The molecule has 0 radical (unpaired) electrons. The van der Waals surface area contributed by atoms with E-state index < -0.39 is 0 Å². The van der Waals surface area contributed by atoms with Gasteiger partial charge in [0.2, 0.25) is 0 Å². The van der Waals surface area contributed by atoms with Crippen LogP contribution in [0.3, 0.4) is 0 Å². The minimum atomic E-state index is -0.297. The highest BCUT2D eigenvalue weighted by Crippen LogP contribution is 2.29. The number of halogens is 4. The Labute approximate surface area is 88.9 Å². The van der Waals surface area contributed by atoms with Crippen molar-refractivity contribution in [1.82, 2.24) is 0 Å². The summed E-state index contributed by atoms with van der Waals surface area (Å²) in [4.78, 5) is -0.297. The molecule has 0 saturated carbocycles. The van der Waals surface area contributed by atoms with Crippen LogP contribution in [0.15, 0.2) is 0 Å². The molecule has 4 heteroatoms. The van der Waals surface area contributed by atoms with Gasteiger partial charge in [-0.25, -0.2) is 0 Å². The lowest BCUT2D eigenvalue weighted by atomic mass is 9.99. The first-order chi connectivity index (χ1) is 4.58. The van der Waals surface area contributed by atoms with Crippen molar-refractivity contribution >= 4 is 55.1 Å². The van der Waals surface area contributed by atoms with Crippen LogP contribution < -0.4 is 0 Å². The van der Waals surface area contributed by atoms with Crippen molar-refractivity contribution in [2.75, 3.05) is 16.5 Å². The van der Waals surface area contributed by atoms with Crippen molar-refractivity contribution in [3.8, 4) is 0 Å². The molecule has 62 valence electrons. The van der Waals surface area contributed by atoms with Crippen molar-refractivity contribution in [2.45, 2.75) is 11.8 Å². The molecule has 0 aliphatic rings. The van der Waals surface area contributed by atoms with Crippen molar-refractivity contribution < 1.29 is 0 Å². The Morgan fingerprint density at radius 1 is 1.40 bits per heavy atom. The SMILES string of the molecule is CC(Cl)(CCl)C(CBr)CBr. The summed E-state index contributed by atoms with van der Waals surface area (Å²) in [5.41, 5.74) is 0. The highest BCUT2D eigenvalue weighted by atomic mass is 79.9. The molecule has 0 spiro atoms. The van der Waals surface area contributed by atoms with Crippen LogP contribution >= 0.6 is 55.1 Å². The van der Waals surface area contributed by atoms with Gasteiger partial charge in [0.15, 0.2) is 0 Å². The molecule has 0 bridgehead atoms. The molecule has 0 rings (SSSR count). The Kier molecular flexibility index (Phi) is 6.04. The first-order valence-electron chi connectivity index (χ1n) is 2.95. The summed E-state index contributed by atoms with van der Waals surface area (Å²) < 4.78 is 0.